The molecule has 0 fully saturated rings. The maximum atomic E-state index is 5.94. The minimum atomic E-state index is 0.221. The summed E-state index contributed by atoms with van der Waals surface area (Å²) in [4.78, 5) is 36.0. The van der Waals surface area contributed by atoms with E-state index >= 15 is 0 Å². The lowest BCUT2D eigenvalue weighted by atomic mass is 9.87. The van der Waals surface area contributed by atoms with Crippen LogP contribution in [-0.4, -0.2) is 39.9 Å². The zero-order valence-corrected chi connectivity index (χ0v) is 71.7. The fourth-order valence-corrected chi connectivity index (χ4v) is 12.9. The van der Waals surface area contributed by atoms with Gasteiger partial charge in [-0.05, 0) is 218 Å². The van der Waals surface area contributed by atoms with Gasteiger partial charge in [0.05, 0.1) is 26.9 Å². The van der Waals surface area contributed by atoms with Crippen molar-refractivity contribution >= 4 is 92.3 Å². The fourth-order valence-electron chi connectivity index (χ4n) is 9.52. The van der Waals surface area contributed by atoms with Crippen LogP contribution >= 0.6 is 92.3 Å². The molecule has 8 rings (SSSR count). The molecule has 0 radical (unpaired) electrons. The van der Waals surface area contributed by atoms with E-state index < -0.39 is 0 Å². The van der Waals surface area contributed by atoms with E-state index in [2.05, 4.69) is 265 Å². The molecule has 0 aromatic carbocycles. The third kappa shape index (κ3) is 45.7. The highest BCUT2D eigenvalue weighted by Gasteiger charge is 2.20. The minimum Gasteiger partial charge on any atom is -0.265 e. The number of rotatable bonds is 8. The van der Waals surface area contributed by atoms with Gasteiger partial charge in [-0.3, -0.25) is 9.97 Å². The number of pyridine rings is 6. The Labute approximate surface area is 634 Å². The first kappa shape index (κ1) is 91.9. The fraction of sp³-hybridized carbons (Fsp3) is 0.561. The first-order valence-electron chi connectivity index (χ1n) is 33.9. The molecule has 16 heteroatoms. The number of hydrogen-bond donors (Lipinski definition) is 0. The number of aromatic nitrogens is 8. The molecule has 0 unspecified atom stereocenters. The van der Waals surface area contributed by atoms with Crippen LogP contribution in [0.2, 0.25) is 30.8 Å². The lowest BCUT2D eigenvalue weighted by Crippen LogP contribution is -2.10. The lowest BCUT2D eigenvalue weighted by Gasteiger charge is -2.19. The van der Waals surface area contributed by atoms with E-state index in [-0.39, 0.29) is 10.8 Å². The standard InChI is InChI=1S/2C11H16ClN.C11H17N.2C10H13Cl2N.C10H17NS.C10H15N.C9H15NS/c1-8-5-10(12)13-7-9(8)6-11(2,3)4;1-8-9(7-11(2,3)4)5-6-10(12)13-8;1-9-10(6-5-7-12-9)8-11(2,3)4;1-10(2,3)5-7-4-8(11)9(12)13-6-7;1-10(2,3)6-7-4-5-8(11)13-9(7)12;1-7-9(6-10(3,4)5)12-8(2)11-7;1-10(2,3)8-9-4-6-11-7-5-9;1-7-8(11-6-10-7)5-9(2,3)4/h5,7H,6H2,1-4H3;5-6H,7H2,1-4H3;5-7H,8H2,1-4H3;4,6H,5H2,1-3H3;4-5H,6H2,1-3H3;6H2,1-5H3;4-7H,8H2,1-3H3;6H,5H2,1-4H3. The normalized spacial score (nSPS) is 11.8. The molecule has 8 aromatic rings. The van der Waals surface area contributed by atoms with Crippen molar-refractivity contribution in [2.24, 2.45) is 43.3 Å². The Bertz CT molecular complexity index is 3450. The summed E-state index contributed by atoms with van der Waals surface area (Å²) >= 11 is 38.3. The Balaban J connectivity index is 0.000000560. The third-order valence-corrected chi connectivity index (χ3v) is 17.2. The highest BCUT2D eigenvalue weighted by Crippen LogP contribution is 2.31. The van der Waals surface area contributed by atoms with Crippen LogP contribution in [0.4, 0.5) is 0 Å². The maximum absolute atomic E-state index is 5.94. The van der Waals surface area contributed by atoms with Crippen molar-refractivity contribution in [3.8, 4) is 0 Å². The average molecular weight is 1500 g/mol. The lowest BCUT2D eigenvalue weighted by molar-refractivity contribution is 0.409. The van der Waals surface area contributed by atoms with Gasteiger partial charge in [-0.2, -0.15) is 0 Å². The molecule has 0 saturated carbocycles. The Morgan fingerprint density at radius 3 is 1.20 bits per heavy atom. The average Bonchev–Trinajstić information content (AvgIpc) is 1.47. The highest BCUT2D eigenvalue weighted by molar-refractivity contribution is 7.11. The molecule has 8 aromatic heterocycles. The second-order valence-corrected chi connectivity index (χ2v) is 39.6. The molecule has 0 aliphatic carbocycles. The van der Waals surface area contributed by atoms with Gasteiger partial charge in [0, 0.05) is 52.1 Å². The molecule has 98 heavy (non-hydrogen) atoms. The number of nitrogens with zero attached hydrogens (tertiary/aromatic N) is 8. The van der Waals surface area contributed by atoms with Crippen molar-refractivity contribution in [2.45, 2.75) is 259 Å². The van der Waals surface area contributed by atoms with Crippen LogP contribution in [-0.2, 0) is 51.4 Å². The highest BCUT2D eigenvalue weighted by atomic mass is 35.5. The van der Waals surface area contributed by atoms with Gasteiger partial charge in [-0.1, -0.05) is 254 Å². The van der Waals surface area contributed by atoms with E-state index in [4.69, 9.17) is 69.6 Å². The molecular formula is C82H122Cl6N8S2. The van der Waals surface area contributed by atoms with Gasteiger partial charge >= 0.3 is 0 Å². The second-order valence-electron chi connectivity index (χ2n) is 35.1. The van der Waals surface area contributed by atoms with Crippen LogP contribution < -0.4 is 0 Å². The van der Waals surface area contributed by atoms with Gasteiger partial charge in [0.25, 0.3) is 0 Å². The number of aryl methyl sites for hydroxylation is 6. The van der Waals surface area contributed by atoms with Gasteiger partial charge in [0.1, 0.15) is 25.8 Å². The predicted octanol–water partition coefficient (Wildman–Crippen LogP) is 27.3. The van der Waals surface area contributed by atoms with Crippen LogP contribution in [0.5, 0.6) is 0 Å². The maximum Gasteiger partial charge on any atom is 0.147 e. The van der Waals surface area contributed by atoms with E-state index in [1.165, 1.54) is 54.0 Å². The van der Waals surface area contributed by atoms with Crippen LogP contribution in [0.15, 0.2) is 97.2 Å². The van der Waals surface area contributed by atoms with Crippen molar-refractivity contribution in [3.05, 3.63) is 204 Å². The summed E-state index contributed by atoms with van der Waals surface area (Å²) < 4.78 is 0. The van der Waals surface area contributed by atoms with Crippen LogP contribution in [0.1, 0.15) is 243 Å². The summed E-state index contributed by atoms with van der Waals surface area (Å²) in [7, 11) is 0. The predicted molar refractivity (Wildman–Crippen MR) is 433 cm³/mol. The molecule has 0 bridgehead atoms. The van der Waals surface area contributed by atoms with E-state index in [1.807, 2.05) is 78.9 Å². The molecule has 0 spiro atoms. The monoisotopic (exact) mass is 1490 g/mol. The minimum absolute atomic E-state index is 0.221. The smallest absolute Gasteiger partial charge is 0.147 e. The summed E-state index contributed by atoms with van der Waals surface area (Å²) in [5.41, 5.74) is 17.8. The molecule has 8 heterocycles. The zero-order valence-electron chi connectivity index (χ0n) is 65.6. The van der Waals surface area contributed by atoms with Crippen molar-refractivity contribution in [2.75, 3.05) is 0 Å². The van der Waals surface area contributed by atoms with Gasteiger partial charge in [-0.15, -0.1) is 22.7 Å². The number of hydrogen-bond acceptors (Lipinski definition) is 10. The quantitative estimate of drug-likeness (QED) is 0.139. The number of halogens is 6. The summed E-state index contributed by atoms with van der Waals surface area (Å²) in [5, 5.41) is 4.21. The summed E-state index contributed by atoms with van der Waals surface area (Å²) in [6.45, 7) is 65.8. The SMILES string of the molecule is CC(C)(C)Cc1ccc(Cl)nc1Cl.CC(C)(C)Cc1ccncc1.CC(C)(C)Cc1cnc(Cl)c(Cl)c1.Cc1cc(Cl)ncc1CC(C)(C)C.Cc1nc(C)c(CC(C)(C)C)s1.Cc1nc(Cl)ccc1CC(C)(C)C.Cc1ncccc1CC(C)(C)C.Cc1ncsc1CC(C)(C)C. The molecule has 0 aliphatic rings. The number of thiazole rings is 2. The van der Waals surface area contributed by atoms with Crippen molar-refractivity contribution in [1.82, 2.24) is 39.9 Å². The van der Waals surface area contributed by atoms with Gasteiger partial charge in [-0.25, -0.2) is 29.9 Å². The topological polar surface area (TPSA) is 103 Å². The molecule has 0 aliphatic heterocycles. The Morgan fingerprint density at radius 2 is 0.786 bits per heavy atom. The summed E-state index contributed by atoms with van der Waals surface area (Å²) in [6, 6.07) is 19.7. The van der Waals surface area contributed by atoms with Gasteiger partial charge in [0.2, 0.25) is 0 Å². The summed E-state index contributed by atoms with van der Waals surface area (Å²) in [5.74, 6) is 0. The largest absolute Gasteiger partial charge is 0.265 e. The second kappa shape index (κ2) is 41.3. The molecule has 8 nitrogen and oxygen atoms in total. The molecule has 0 N–H and O–H groups in total. The third-order valence-electron chi connectivity index (χ3n) is 13.5. The molecule has 0 saturated heterocycles. The molecular weight excluding hydrogens is 1370 g/mol. The van der Waals surface area contributed by atoms with Crippen molar-refractivity contribution in [3.63, 3.8) is 0 Å². The van der Waals surface area contributed by atoms with Crippen LogP contribution in [0.3, 0.4) is 0 Å². The molecule has 0 atom stereocenters. The van der Waals surface area contributed by atoms with E-state index in [0.717, 1.165) is 73.9 Å². The van der Waals surface area contributed by atoms with Crippen LogP contribution in [0.25, 0.3) is 0 Å². The van der Waals surface area contributed by atoms with Gasteiger partial charge < -0.3 is 0 Å². The van der Waals surface area contributed by atoms with Crippen molar-refractivity contribution < 1.29 is 0 Å². The summed E-state index contributed by atoms with van der Waals surface area (Å²) in [6.07, 6.45) is 17.7. The first-order valence-corrected chi connectivity index (χ1v) is 37.9. The van der Waals surface area contributed by atoms with E-state index in [0.29, 0.717) is 63.3 Å². The first-order chi connectivity index (χ1) is 44.5. The Morgan fingerprint density at radius 1 is 0.337 bits per heavy atom. The van der Waals surface area contributed by atoms with Gasteiger partial charge in [0.15, 0.2) is 0 Å². The Kier molecular flexibility index (Phi) is 38.7. The van der Waals surface area contributed by atoms with Crippen LogP contribution in [0, 0.1) is 84.9 Å². The van der Waals surface area contributed by atoms with E-state index in [1.54, 1.807) is 23.6 Å². The molecule has 544 valence electrons. The molecule has 0 amide bonds. The zero-order chi connectivity index (χ0) is 75.6. The Hall–Kier alpha value is -4.10. The van der Waals surface area contributed by atoms with E-state index in [9.17, 15) is 0 Å². The van der Waals surface area contributed by atoms with Crippen molar-refractivity contribution in [1.29, 1.82) is 0 Å².